The quantitative estimate of drug-likeness (QED) is 0.0565. The molecule has 0 saturated carbocycles. The summed E-state index contributed by atoms with van der Waals surface area (Å²) >= 11 is 9.45. The highest BCUT2D eigenvalue weighted by molar-refractivity contribution is 7.27. The highest BCUT2D eigenvalue weighted by Gasteiger charge is 2.24. The minimum atomic E-state index is 0.682. The Morgan fingerprint density at radius 1 is 0.517 bits per heavy atom. The van der Waals surface area contributed by atoms with E-state index in [9.17, 15) is 0 Å². The predicted octanol–water partition coefficient (Wildman–Crippen LogP) is 19.2. The zero-order valence-electron chi connectivity index (χ0n) is 38.0. The van der Waals surface area contributed by atoms with Crippen molar-refractivity contribution in [3.8, 4) is 30.6 Å². The number of hydrogen-bond acceptors (Lipinski definition) is 7. The van der Waals surface area contributed by atoms with Gasteiger partial charge >= 0.3 is 0 Å². The van der Waals surface area contributed by atoms with E-state index in [4.69, 9.17) is 8.75 Å². The largest absolute Gasteiger partial charge is 0.172 e. The van der Waals surface area contributed by atoms with Crippen molar-refractivity contribution in [2.24, 2.45) is 11.8 Å². The van der Waals surface area contributed by atoms with E-state index < -0.39 is 0 Å². The molecule has 2 nitrogen and oxygen atoms in total. The molecule has 322 valence electrons. The lowest BCUT2D eigenvalue weighted by Crippen LogP contribution is -2.00. The maximum absolute atomic E-state index is 5.01. The first-order valence-electron chi connectivity index (χ1n) is 23.7. The van der Waals surface area contributed by atoms with Gasteiger partial charge in [0.2, 0.25) is 0 Å². The summed E-state index contributed by atoms with van der Waals surface area (Å²) in [6.45, 7) is 18.8. The zero-order valence-corrected chi connectivity index (χ0v) is 42.1. The topological polar surface area (TPSA) is 25.8 Å². The van der Waals surface area contributed by atoms with E-state index in [0.717, 1.165) is 29.8 Å². The molecule has 1 unspecified atom stereocenters. The Balaban J connectivity index is 1.29. The third-order valence-corrected chi connectivity index (χ3v) is 18.1. The monoisotopic (exact) mass is 894 g/mol. The molecule has 7 aromatic rings. The lowest BCUT2D eigenvalue weighted by atomic mass is 9.91. The first kappa shape index (κ1) is 45.6. The summed E-state index contributed by atoms with van der Waals surface area (Å²) in [6, 6.07) is 14.9. The zero-order chi connectivity index (χ0) is 42.2. The maximum atomic E-state index is 5.01. The fourth-order valence-corrected chi connectivity index (χ4v) is 14.6. The van der Waals surface area contributed by atoms with Crippen LogP contribution in [0, 0.1) is 25.7 Å². The minimum absolute atomic E-state index is 0.682. The van der Waals surface area contributed by atoms with Gasteiger partial charge in [0.05, 0.1) is 11.7 Å². The number of nitrogens with zero attached hydrogens (tertiary/aromatic N) is 2. The van der Waals surface area contributed by atoms with Gasteiger partial charge in [-0.3, -0.25) is 0 Å². The second-order valence-corrected chi connectivity index (χ2v) is 23.4. The van der Waals surface area contributed by atoms with Crippen molar-refractivity contribution in [3.63, 3.8) is 0 Å². The SMILES string of the molecule is CCCCCCc1cc(-c2ccc(-c3cc(CCCCCC)c(-c4cc5c(CCC(C)C)c6sc(C)cc6c(CCC(C)CCCCCC)c5s4)s3)c3nsnc23)sc1C. The summed E-state index contributed by atoms with van der Waals surface area (Å²) in [5.41, 5.74) is 10.9. The van der Waals surface area contributed by atoms with Gasteiger partial charge < -0.3 is 0 Å². The summed E-state index contributed by atoms with van der Waals surface area (Å²) in [4.78, 5) is 8.51. The van der Waals surface area contributed by atoms with E-state index in [1.165, 1.54) is 178 Å². The van der Waals surface area contributed by atoms with Crippen LogP contribution in [0.15, 0.2) is 36.4 Å². The first-order valence-corrected chi connectivity index (χ1v) is 27.7. The van der Waals surface area contributed by atoms with E-state index >= 15 is 0 Å². The van der Waals surface area contributed by atoms with Gasteiger partial charge in [-0.15, -0.1) is 45.3 Å². The number of thiophene rings is 4. The van der Waals surface area contributed by atoms with Crippen molar-refractivity contribution in [2.75, 3.05) is 0 Å². The normalized spacial score (nSPS) is 12.7. The average Bonchev–Trinajstić information content (AvgIpc) is 4.08. The molecule has 0 radical (unpaired) electrons. The van der Waals surface area contributed by atoms with Crippen LogP contribution in [0.2, 0.25) is 0 Å². The third-order valence-electron chi connectivity index (χ3n) is 12.8. The Hall–Kier alpha value is -2.42. The van der Waals surface area contributed by atoms with Crippen molar-refractivity contribution in [1.29, 1.82) is 0 Å². The van der Waals surface area contributed by atoms with E-state index in [1.54, 1.807) is 25.9 Å². The van der Waals surface area contributed by atoms with Crippen LogP contribution in [0.25, 0.3) is 61.8 Å². The van der Waals surface area contributed by atoms with Gasteiger partial charge in [0, 0.05) is 49.8 Å². The Morgan fingerprint density at radius 3 is 1.73 bits per heavy atom. The van der Waals surface area contributed by atoms with Crippen LogP contribution in [-0.2, 0) is 25.7 Å². The van der Waals surface area contributed by atoms with Gasteiger partial charge in [-0.1, -0.05) is 124 Å². The predicted molar refractivity (Wildman–Crippen MR) is 275 cm³/mol. The number of unbranched alkanes of at least 4 members (excludes halogenated alkanes) is 9. The Kier molecular flexibility index (Phi) is 16.6. The van der Waals surface area contributed by atoms with Crippen molar-refractivity contribution in [1.82, 2.24) is 8.75 Å². The van der Waals surface area contributed by atoms with Crippen LogP contribution in [0.1, 0.15) is 170 Å². The number of hydrogen-bond donors (Lipinski definition) is 0. The van der Waals surface area contributed by atoms with E-state index in [0.29, 0.717) is 5.92 Å². The molecular formula is C53H70N2S5. The van der Waals surface area contributed by atoms with Gasteiger partial charge in [-0.2, -0.15) is 8.75 Å². The summed E-state index contributed by atoms with van der Waals surface area (Å²) < 4.78 is 13.1. The first-order chi connectivity index (χ1) is 29.2. The second-order valence-electron chi connectivity index (χ2n) is 18.2. The molecule has 1 atom stereocenters. The van der Waals surface area contributed by atoms with Crippen LogP contribution in [0.5, 0.6) is 0 Å². The summed E-state index contributed by atoms with van der Waals surface area (Å²) in [6.07, 6.45) is 24.2. The molecule has 0 fully saturated rings. The molecule has 0 aliphatic heterocycles. The average molecular weight is 895 g/mol. The molecule has 0 spiro atoms. The van der Waals surface area contributed by atoms with E-state index in [1.807, 2.05) is 34.0 Å². The highest BCUT2D eigenvalue weighted by Crippen LogP contribution is 2.50. The number of aromatic nitrogens is 2. The van der Waals surface area contributed by atoms with Crippen molar-refractivity contribution in [2.45, 2.75) is 177 Å². The molecule has 0 aliphatic carbocycles. The summed E-state index contributed by atoms with van der Waals surface area (Å²) in [5, 5.41) is 3.08. The molecule has 0 aliphatic rings. The van der Waals surface area contributed by atoms with Crippen LogP contribution < -0.4 is 0 Å². The fourth-order valence-electron chi connectivity index (χ4n) is 9.15. The molecule has 5 heterocycles. The molecule has 5 aromatic heterocycles. The van der Waals surface area contributed by atoms with Gasteiger partial charge in [-0.05, 0) is 134 Å². The highest BCUT2D eigenvalue weighted by atomic mass is 32.1. The van der Waals surface area contributed by atoms with E-state index in [2.05, 4.69) is 103 Å². The van der Waals surface area contributed by atoms with E-state index in [-0.39, 0.29) is 0 Å². The van der Waals surface area contributed by atoms with Gasteiger partial charge in [0.15, 0.2) is 0 Å². The lowest BCUT2D eigenvalue weighted by molar-refractivity contribution is 0.461. The summed E-state index contributed by atoms with van der Waals surface area (Å²) in [5.74, 6) is 1.44. The second kappa shape index (κ2) is 21.8. The van der Waals surface area contributed by atoms with Crippen molar-refractivity contribution < 1.29 is 0 Å². The standard InChI is InChI=1S/C53H70N2S5/c1-9-12-15-18-21-35(6)25-27-41-44-30-36(7)56-52(44)40(26-24-34(4)5)45-33-48(59-53(41)45)51-39(23-20-17-14-11-3)32-47(58-51)43-29-28-42(49-50(43)55-60-54-49)46-31-38(37(8)57-46)22-19-16-13-10-2/h28-35H,9-27H2,1-8H3. The molecule has 0 bridgehead atoms. The molecule has 0 saturated heterocycles. The molecule has 7 rings (SSSR count). The molecule has 0 amide bonds. The smallest absolute Gasteiger partial charge is 0.114 e. The van der Waals surface area contributed by atoms with Crippen molar-refractivity contribution in [3.05, 3.63) is 68.4 Å². The van der Waals surface area contributed by atoms with Crippen LogP contribution in [0.4, 0.5) is 0 Å². The maximum Gasteiger partial charge on any atom is 0.114 e. The molecule has 60 heavy (non-hydrogen) atoms. The minimum Gasteiger partial charge on any atom is -0.172 e. The lowest BCUT2D eigenvalue weighted by Gasteiger charge is -2.15. The fraction of sp³-hybridized carbons (Fsp3) is 0.547. The Morgan fingerprint density at radius 2 is 1.08 bits per heavy atom. The van der Waals surface area contributed by atoms with Crippen molar-refractivity contribution >= 4 is 88.3 Å². The number of fused-ring (bicyclic) bond motifs is 3. The van der Waals surface area contributed by atoms with Gasteiger partial charge in [0.1, 0.15) is 11.0 Å². The molecular weight excluding hydrogens is 825 g/mol. The molecule has 0 N–H and O–H groups in total. The Labute approximate surface area is 382 Å². The van der Waals surface area contributed by atoms with Crippen LogP contribution in [0.3, 0.4) is 0 Å². The third kappa shape index (κ3) is 10.7. The molecule has 7 heteroatoms. The molecule has 2 aromatic carbocycles. The number of aryl methyl sites for hydroxylation is 6. The summed E-state index contributed by atoms with van der Waals surface area (Å²) in [7, 11) is 0. The van der Waals surface area contributed by atoms with Gasteiger partial charge in [-0.25, -0.2) is 0 Å². The number of rotatable bonds is 24. The van der Waals surface area contributed by atoms with Gasteiger partial charge in [0.25, 0.3) is 0 Å². The Bertz CT molecular complexity index is 2450. The number of benzene rings is 2. The van der Waals surface area contributed by atoms with Crippen LogP contribution >= 0.6 is 57.1 Å². The van der Waals surface area contributed by atoms with Crippen LogP contribution in [-0.4, -0.2) is 8.75 Å².